The third-order valence-electron chi connectivity index (χ3n) is 5.80. The van der Waals surface area contributed by atoms with Gasteiger partial charge in [-0.25, -0.2) is 15.0 Å². The number of carbonyl (C=O) groups is 1. The van der Waals surface area contributed by atoms with Crippen molar-refractivity contribution in [2.24, 2.45) is 10.2 Å². The van der Waals surface area contributed by atoms with Crippen LogP contribution in [0, 0.1) is 25.2 Å². The van der Waals surface area contributed by atoms with E-state index in [0.29, 0.717) is 33.7 Å². The van der Waals surface area contributed by atoms with Gasteiger partial charge in [0.05, 0.1) is 29.9 Å². The Bertz CT molecular complexity index is 1850. The van der Waals surface area contributed by atoms with E-state index < -0.39 is 17.5 Å². The SMILES string of the molecule is COc1ccccc1NC(=O)C(N=Nc1c(C#N)cnn1-c1nc(C)cc(C)n1)c1nc2ccccc2c(=O)[nH]1. The third kappa shape index (κ3) is 5.14. The summed E-state index contributed by atoms with van der Waals surface area (Å²) >= 11 is 0. The molecule has 2 aromatic carbocycles. The zero-order valence-electron chi connectivity index (χ0n) is 21.7. The van der Waals surface area contributed by atoms with Gasteiger partial charge in [0.25, 0.3) is 17.4 Å². The maximum absolute atomic E-state index is 13.6. The second-order valence-corrected chi connectivity index (χ2v) is 8.63. The number of rotatable bonds is 7. The minimum atomic E-state index is -1.42. The third-order valence-corrected chi connectivity index (χ3v) is 5.80. The lowest BCUT2D eigenvalue weighted by Crippen LogP contribution is -2.24. The van der Waals surface area contributed by atoms with E-state index in [-0.39, 0.29) is 23.2 Å². The van der Waals surface area contributed by atoms with E-state index in [2.05, 4.69) is 40.6 Å². The van der Waals surface area contributed by atoms with Crippen LogP contribution in [0.5, 0.6) is 5.75 Å². The van der Waals surface area contributed by atoms with Gasteiger partial charge < -0.3 is 15.0 Å². The lowest BCUT2D eigenvalue weighted by atomic mass is 10.2. The molecule has 0 saturated heterocycles. The number of aryl methyl sites for hydroxylation is 2. The molecule has 3 aromatic heterocycles. The molecule has 0 radical (unpaired) electrons. The smallest absolute Gasteiger partial charge is 0.259 e. The second kappa shape index (κ2) is 10.9. The second-order valence-electron chi connectivity index (χ2n) is 8.63. The molecule has 5 aromatic rings. The maximum atomic E-state index is 13.6. The van der Waals surface area contributed by atoms with E-state index in [9.17, 15) is 14.9 Å². The van der Waals surface area contributed by atoms with Crippen LogP contribution in [0.3, 0.4) is 0 Å². The topological polar surface area (TPSA) is 176 Å². The van der Waals surface area contributed by atoms with E-state index in [1.807, 2.05) is 6.07 Å². The number of carbonyl (C=O) groups excluding carboxylic acids is 1. The number of benzene rings is 2. The molecule has 1 atom stereocenters. The first-order valence-electron chi connectivity index (χ1n) is 12.0. The van der Waals surface area contributed by atoms with Crippen LogP contribution in [0.2, 0.25) is 0 Å². The largest absolute Gasteiger partial charge is 0.495 e. The fourth-order valence-electron chi connectivity index (χ4n) is 3.99. The molecule has 0 bridgehead atoms. The van der Waals surface area contributed by atoms with Crippen molar-refractivity contribution in [3.63, 3.8) is 0 Å². The summed E-state index contributed by atoms with van der Waals surface area (Å²) in [7, 11) is 1.48. The number of nitriles is 1. The van der Waals surface area contributed by atoms with E-state index >= 15 is 0 Å². The fraction of sp³-hybridized carbons (Fsp3) is 0.148. The number of aromatic amines is 1. The summed E-state index contributed by atoms with van der Waals surface area (Å²) in [5.74, 6) is -0.0970. The number of methoxy groups -OCH3 is 1. The Balaban J connectivity index is 1.62. The van der Waals surface area contributed by atoms with Crippen molar-refractivity contribution in [2.45, 2.75) is 19.9 Å². The Labute approximate surface area is 227 Å². The Kier molecular flexibility index (Phi) is 7.06. The van der Waals surface area contributed by atoms with Crippen molar-refractivity contribution >= 4 is 28.3 Å². The average molecular weight is 535 g/mol. The van der Waals surface area contributed by atoms with E-state index in [0.717, 1.165) is 0 Å². The highest BCUT2D eigenvalue weighted by molar-refractivity contribution is 5.96. The Morgan fingerprint density at radius 3 is 2.58 bits per heavy atom. The standard InChI is InChI=1S/C27H22N10O3/c1-15-12-16(2)31-27(30-15)37-24(17(13-28)14-29-37)36-35-22(26(39)33-20-10-6-7-11-21(20)40-3)23-32-19-9-5-4-8-18(19)25(38)34-23/h4-12,14,22H,1-3H3,(H,33,39)(H,32,34,38). The van der Waals surface area contributed by atoms with Crippen LogP contribution in [0.15, 0.2) is 75.8 Å². The highest BCUT2D eigenvalue weighted by Gasteiger charge is 2.26. The van der Waals surface area contributed by atoms with Gasteiger partial charge in [0.2, 0.25) is 6.04 Å². The minimum absolute atomic E-state index is 0.00530. The first-order chi connectivity index (χ1) is 19.4. The molecule has 1 unspecified atom stereocenters. The first-order valence-corrected chi connectivity index (χ1v) is 12.0. The number of hydrogen-bond donors (Lipinski definition) is 2. The van der Waals surface area contributed by atoms with E-state index in [1.54, 1.807) is 68.4 Å². The van der Waals surface area contributed by atoms with Gasteiger partial charge in [-0.05, 0) is 44.2 Å². The summed E-state index contributed by atoms with van der Waals surface area (Å²) in [6, 6.07) is 15.9. The summed E-state index contributed by atoms with van der Waals surface area (Å²) < 4.78 is 6.60. The number of azo groups is 1. The molecule has 5 rings (SSSR count). The van der Waals surface area contributed by atoms with Gasteiger partial charge >= 0.3 is 0 Å². The molecule has 0 aliphatic heterocycles. The number of para-hydroxylation sites is 3. The zero-order chi connectivity index (χ0) is 28.2. The van der Waals surface area contributed by atoms with Crippen LogP contribution in [-0.2, 0) is 4.79 Å². The quantitative estimate of drug-likeness (QED) is 0.296. The predicted octanol–water partition coefficient (Wildman–Crippen LogP) is 3.86. The summed E-state index contributed by atoms with van der Waals surface area (Å²) in [5.41, 5.74) is 1.76. The number of anilines is 1. The molecular weight excluding hydrogens is 512 g/mol. The van der Waals surface area contributed by atoms with Crippen molar-refractivity contribution in [3.05, 3.63) is 93.9 Å². The van der Waals surface area contributed by atoms with Gasteiger partial charge in [0, 0.05) is 11.4 Å². The molecule has 0 aliphatic rings. The lowest BCUT2D eigenvalue weighted by Gasteiger charge is -2.14. The zero-order valence-corrected chi connectivity index (χ0v) is 21.7. The van der Waals surface area contributed by atoms with Gasteiger partial charge in [0.1, 0.15) is 23.2 Å². The number of hydrogen-bond acceptors (Lipinski definition) is 10. The molecule has 0 spiro atoms. The monoisotopic (exact) mass is 534 g/mol. The number of nitrogens with one attached hydrogen (secondary N) is 2. The first kappa shape index (κ1) is 25.9. The summed E-state index contributed by atoms with van der Waals surface area (Å²) in [4.78, 5) is 42.3. The molecule has 0 saturated carbocycles. The van der Waals surface area contributed by atoms with E-state index in [4.69, 9.17) is 4.74 Å². The Hall–Kier alpha value is -5.77. The fourth-order valence-corrected chi connectivity index (χ4v) is 3.99. The van der Waals surface area contributed by atoms with Crippen molar-refractivity contribution in [3.8, 4) is 17.8 Å². The molecular formula is C27H22N10O3. The number of amides is 1. The van der Waals surface area contributed by atoms with Crippen molar-refractivity contribution < 1.29 is 9.53 Å². The molecule has 0 fully saturated rings. The summed E-state index contributed by atoms with van der Waals surface area (Å²) in [6.07, 6.45) is 1.30. The molecule has 0 aliphatic carbocycles. The molecule has 2 N–H and O–H groups in total. The maximum Gasteiger partial charge on any atom is 0.259 e. The number of aromatic nitrogens is 6. The van der Waals surface area contributed by atoms with Crippen LogP contribution < -0.4 is 15.6 Å². The number of nitrogens with zero attached hydrogens (tertiary/aromatic N) is 8. The van der Waals surface area contributed by atoms with Crippen LogP contribution in [0.4, 0.5) is 11.5 Å². The average Bonchev–Trinajstić information content (AvgIpc) is 3.36. The van der Waals surface area contributed by atoms with Crippen molar-refractivity contribution in [1.82, 2.24) is 29.7 Å². The van der Waals surface area contributed by atoms with Gasteiger partial charge in [0.15, 0.2) is 5.82 Å². The van der Waals surface area contributed by atoms with Crippen molar-refractivity contribution in [1.29, 1.82) is 5.26 Å². The molecule has 3 heterocycles. The van der Waals surface area contributed by atoms with Gasteiger partial charge in [-0.15, -0.1) is 5.11 Å². The molecule has 13 nitrogen and oxygen atoms in total. The molecule has 40 heavy (non-hydrogen) atoms. The lowest BCUT2D eigenvalue weighted by molar-refractivity contribution is -0.117. The number of fused-ring (bicyclic) bond motifs is 1. The Morgan fingerprint density at radius 1 is 1.10 bits per heavy atom. The van der Waals surface area contributed by atoms with Gasteiger partial charge in [-0.1, -0.05) is 24.3 Å². The number of H-pyrrole nitrogens is 1. The minimum Gasteiger partial charge on any atom is -0.495 e. The van der Waals surface area contributed by atoms with Crippen LogP contribution in [0.1, 0.15) is 28.8 Å². The summed E-state index contributed by atoms with van der Waals surface area (Å²) in [5, 5.41) is 25.5. The predicted molar refractivity (Wildman–Crippen MR) is 145 cm³/mol. The highest BCUT2D eigenvalue weighted by Crippen LogP contribution is 2.28. The summed E-state index contributed by atoms with van der Waals surface area (Å²) in [6.45, 7) is 3.60. The normalized spacial score (nSPS) is 11.8. The van der Waals surface area contributed by atoms with Crippen LogP contribution in [-0.4, -0.2) is 42.7 Å². The molecule has 198 valence electrons. The highest BCUT2D eigenvalue weighted by atomic mass is 16.5. The Morgan fingerprint density at radius 2 is 1.82 bits per heavy atom. The van der Waals surface area contributed by atoms with Gasteiger partial charge in [-0.2, -0.15) is 20.2 Å². The van der Waals surface area contributed by atoms with Crippen molar-refractivity contribution in [2.75, 3.05) is 12.4 Å². The van der Waals surface area contributed by atoms with E-state index in [1.165, 1.54) is 18.0 Å². The van der Waals surface area contributed by atoms with Crippen LogP contribution in [0.25, 0.3) is 16.9 Å². The molecule has 1 amide bonds. The van der Waals surface area contributed by atoms with Gasteiger partial charge in [-0.3, -0.25) is 9.59 Å². The number of ether oxygens (including phenoxy) is 1. The van der Waals surface area contributed by atoms with Crippen LogP contribution >= 0.6 is 0 Å². The molecule has 13 heteroatoms.